The largest absolute Gasteiger partial charge is 0.392 e. The monoisotopic (exact) mass is 266 g/mol. The van der Waals surface area contributed by atoms with Crippen molar-refractivity contribution in [3.63, 3.8) is 0 Å². The minimum atomic E-state index is -0.414. The molecule has 0 aromatic rings. The lowest BCUT2D eigenvalue weighted by Gasteiger charge is -2.37. The van der Waals surface area contributed by atoms with Crippen LogP contribution in [0.15, 0.2) is 11.6 Å². The molecule has 4 atom stereocenters. The van der Waals surface area contributed by atoms with E-state index in [0.29, 0.717) is 23.7 Å². The van der Waals surface area contributed by atoms with Crippen molar-refractivity contribution >= 4 is 0 Å². The average molecular weight is 266 g/mol. The normalized spacial score (nSPS) is 39.8. The fourth-order valence-electron chi connectivity index (χ4n) is 4.38. The zero-order chi connectivity index (χ0) is 13.8. The molecule has 0 amide bonds. The maximum absolute atomic E-state index is 9.41. The average Bonchev–Trinajstić information content (AvgIpc) is 2.96. The molecule has 3 heteroatoms. The van der Waals surface area contributed by atoms with Gasteiger partial charge in [-0.15, -0.1) is 0 Å². The van der Waals surface area contributed by atoms with E-state index in [4.69, 9.17) is 9.47 Å². The molecule has 1 aliphatic heterocycles. The third-order valence-electron chi connectivity index (χ3n) is 5.37. The molecule has 0 bridgehead atoms. The molecule has 2 aliphatic carbocycles. The third-order valence-corrected chi connectivity index (χ3v) is 5.37. The number of hydrogen-bond acceptors (Lipinski definition) is 3. The van der Waals surface area contributed by atoms with Gasteiger partial charge in [0.15, 0.2) is 5.79 Å². The fraction of sp³-hybridized carbons (Fsp3) is 0.875. The predicted octanol–water partition coefficient (Wildman–Crippen LogP) is 2.74. The SMILES string of the molecule is CC(C)C1(C(C)C)O[C@@H]2[C@@H]3CC=C(CO)[C@@H]3C[C@@H]2O1. The van der Waals surface area contributed by atoms with Crippen LogP contribution in [0.4, 0.5) is 0 Å². The van der Waals surface area contributed by atoms with Gasteiger partial charge in [0.2, 0.25) is 0 Å². The van der Waals surface area contributed by atoms with Gasteiger partial charge >= 0.3 is 0 Å². The van der Waals surface area contributed by atoms with Gasteiger partial charge in [0.05, 0.1) is 18.8 Å². The summed E-state index contributed by atoms with van der Waals surface area (Å²) in [6, 6.07) is 0. The molecule has 1 saturated carbocycles. The van der Waals surface area contributed by atoms with Gasteiger partial charge in [0.1, 0.15) is 0 Å². The first kappa shape index (κ1) is 13.6. The molecular formula is C16H26O3. The van der Waals surface area contributed by atoms with E-state index in [1.165, 1.54) is 5.57 Å². The molecule has 3 rings (SSSR count). The predicted molar refractivity (Wildman–Crippen MR) is 73.5 cm³/mol. The molecule has 0 radical (unpaired) electrons. The van der Waals surface area contributed by atoms with E-state index in [-0.39, 0.29) is 18.8 Å². The smallest absolute Gasteiger partial charge is 0.173 e. The van der Waals surface area contributed by atoms with Gasteiger partial charge in [-0.1, -0.05) is 33.8 Å². The number of rotatable bonds is 3. The van der Waals surface area contributed by atoms with Gasteiger partial charge in [-0.05, 0) is 30.3 Å². The molecule has 1 saturated heterocycles. The van der Waals surface area contributed by atoms with Gasteiger partial charge in [-0.2, -0.15) is 0 Å². The van der Waals surface area contributed by atoms with Gasteiger partial charge in [0.25, 0.3) is 0 Å². The van der Waals surface area contributed by atoms with Crippen molar-refractivity contribution in [3.05, 3.63) is 11.6 Å². The summed E-state index contributed by atoms with van der Waals surface area (Å²) in [6.45, 7) is 8.93. The van der Waals surface area contributed by atoms with E-state index in [1.807, 2.05) is 0 Å². The second kappa shape index (κ2) is 4.57. The number of allylic oxidation sites excluding steroid dienone is 1. The summed E-state index contributed by atoms with van der Waals surface area (Å²) >= 11 is 0. The summed E-state index contributed by atoms with van der Waals surface area (Å²) in [5.41, 5.74) is 1.20. The zero-order valence-electron chi connectivity index (χ0n) is 12.4. The van der Waals surface area contributed by atoms with Gasteiger partial charge in [0, 0.05) is 11.8 Å². The van der Waals surface area contributed by atoms with Crippen LogP contribution in [0.5, 0.6) is 0 Å². The van der Waals surface area contributed by atoms with E-state index < -0.39 is 5.79 Å². The molecule has 0 aromatic carbocycles. The van der Waals surface area contributed by atoms with Crippen LogP contribution >= 0.6 is 0 Å². The van der Waals surface area contributed by atoms with Crippen LogP contribution < -0.4 is 0 Å². The Morgan fingerprint density at radius 1 is 1.26 bits per heavy atom. The standard InChI is InChI=1S/C16H26O3/c1-9(2)16(10(3)4)18-14-7-13-11(8-17)5-6-12(13)15(14)19-16/h5,9-10,12-15,17H,6-8H2,1-4H3/t12-,13+,14+,15-/m1/s1. The highest BCUT2D eigenvalue weighted by Gasteiger charge is 2.59. The van der Waals surface area contributed by atoms with Crippen molar-refractivity contribution in [2.75, 3.05) is 6.61 Å². The van der Waals surface area contributed by atoms with Crippen molar-refractivity contribution in [2.24, 2.45) is 23.7 Å². The van der Waals surface area contributed by atoms with Crippen molar-refractivity contribution in [2.45, 2.75) is 58.5 Å². The molecule has 0 unspecified atom stereocenters. The second-order valence-electron chi connectivity index (χ2n) is 6.95. The van der Waals surface area contributed by atoms with Crippen LogP contribution in [0.2, 0.25) is 0 Å². The first-order valence-electron chi connectivity index (χ1n) is 7.65. The summed E-state index contributed by atoms with van der Waals surface area (Å²) in [5.74, 6) is 1.32. The lowest BCUT2D eigenvalue weighted by molar-refractivity contribution is -0.240. The van der Waals surface area contributed by atoms with E-state index in [1.54, 1.807) is 0 Å². The van der Waals surface area contributed by atoms with Crippen molar-refractivity contribution in [3.8, 4) is 0 Å². The summed E-state index contributed by atoms with van der Waals surface area (Å²) in [5, 5.41) is 9.41. The fourth-order valence-corrected chi connectivity index (χ4v) is 4.38. The number of ether oxygens (including phenoxy) is 2. The number of fused-ring (bicyclic) bond motifs is 3. The summed E-state index contributed by atoms with van der Waals surface area (Å²) in [6.07, 6.45) is 4.70. The molecule has 0 spiro atoms. The number of hydrogen-bond donors (Lipinski definition) is 1. The molecule has 0 aromatic heterocycles. The molecule has 108 valence electrons. The van der Waals surface area contributed by atoms with E-state index >= 15 is 0 Å². The molecule has 2 fully saturated rings. The van der Waals surface area contributed by atoms with Crippen LogP contribution in [0.1, 0.15) is 40.5 Å². The minimum absolute atomic E-state index is 0.195. The molecule has 1 heterocycles. The van der Waals surface area contributed by atoms with Gasteiger partial charge in [-0.3, -0.25) is 0 Å². The second-order valence-corrected chi connectivity index (χ2v) is 6.95. The number of aliphatic hydroxyl groups excluding tert-OH is 1. The maximum atomic E-state index is 9.41. The van der Waals surface area contributed by atoms with Gasteiger partial charge in [-0.25, -0.2) is 0 Å². The van der Waals surface area contributed by atoms with Crippen LogP contribution in [0.25, 0.3) is 0 Å². The molecule has 3 aliphatic rings. The summed E-state index contributed by atoms with van der Waals surface area (Å²) in [7, 11) is 0. The molecule has 1 N–H and O–H groups in total. The Bertz CT molecular complexity index is 377. The Kier molecular flexibility index (Phi) is 3.27. The van der Waals surface area contributed by atoms with Crippen LogP contribution in [0.3, 0.4) is 0 Å². The van der Waals surface area contributed by atoms with Crippen LogP contribution in [0, 0.1) is 23.7 Å². The van der Waals surface area contributed by atoms with Crippen molar-refractivity contribution in [1.29, 1.82) is 0 Å². The lowest BCUT2D eigenvalue weighted by atomic mass is 9.90. The topological polar surface area (TPSA) is 38.7 Å². The first-order chi connectivity index (χ1) is 8.99. The Balaban J connectivity index is 1.80. The first-order valence-corrected chi connectivity index (χ1v) is 7.65. The Morgan fingerprint density at radius 3 is 2.53 bits per heavy atom. The van der Waals surface area contributed by atoms with Crippen molar-refractivity contribution < 1.29 is 14.6 Å². The van der Waals surface area contributed by atoms with Crippen LogP contribution in [-0.2, 0) is 9.47 Å². The maximum Gasteiger partial charge on any atom is 0.173 e. The highest BCUT2D eigenvalue weighted by atomic mass is 16.8. The molecular weight excluding hydrogens is 240 g/mol. The highest BCUT2D eigenvalue weighted by Crippen LogP contribution is 2.54. The van der Waals surface area contributed by atoms with E-state index in [2.05, 4.69) is 33.8 Å². The Morgan fingerprint density at radius 2 is 1.95 bits per heavy atom. The Labute approximate surface area is 116 Å². The molecule has 19 heavy (non-hydrogen) atoms. The molecule has 3 nitrogen and oxygen atoms in total. The third kappa shape index (κ3) is 1.82. The lowest BCUT2D eigenvalue weighted by Crippen LogP contribution is -2.43. The quantitative estimate of drug-likeness (QED) is 0.798. The Hall–Kier alpha value is -0.380. The summed E-state index contributed by atoms with van der Waals surface area (Å²) in [4.78, 5) is 0. The van der Waals surface area contributed by atoms with E-state index in [0.717, 1.165) is 12.8 Å². The van der Waals surface area contributed by atoms with Crippen LogP contribution in [-0.4, -0.2) is 29.7 Å². The van der Waals surface area contributed by atoms with E-state index in [9.17, 15) is 5.11 Å². The van der Waals surface area contributed by atoms with Gasteiger partial charge < -0.3 is 14.6 Å². The number of aliphatic hydroxyl groups is 1. The minimum Gasteiger partial charge on any atom is -0.392 e. The summed E-state index contributed by atoms with van der Waals surface area (Å²) < 4.78 is 12.9. The highest BCUT2D eigenvalue weighted by molar-refractivity contribution is 5.22. The van der Waals surface area contributed by atoms with Crippen molar-refractivity contribution in [1.82, 2.24) is 0 Å². The zero-order valence-corrected chi connectivity index (χ0v) is 12.4.